The number of carbonyl (C=O) groups excluding carboxylic acids is 1. The highest BCUT2D eigenvalue weighted by atomic mass is 16.5. The van der Waals surface area contributed by atoms with E-state index in [4.69, 9.17) is 4.74 Å². The minimum atomic E-state index is -0.272. The van der Waals surface area contributed by atoms with Crippen molar-refractivity contribution in [2.24, 2.45) is 0 Å². The molecule has 3 aliphatic rings. The number of urea groups is 1. The smallest absolute Gasteiger partial charge is 0.320 e. The molecule has 7 nitrogen and oxygen atoms in total. The summed E-state index contributed by atoms with van der Waals surface area (Å²) in [6, 6.07) is 10.9. The molecule has 2 unspecified atom stereocenters. The summed E-state index contributed by atoms with van der Waals surface area (Å²) in [5, 5.41) is 10.2. The maximum Gasteiger partial charge on any atom is 0.320 e. The van der Waals surface area contributed by atoms with Gasteiger partial charge in [0.15, 0.2) is 0 Å². The van der Waals surface area contributed by atoms with Gasteiger partial charge in [-0.05, 0) is 12.5 Å². The minimum absolute atomic E-state index is 0.131. The number of ether oxygens (including phenoxy) is 1. The van der Waals surface area contributed by atoms with Gasteiger partial charge < -0.3 is 19.6 Å². The predicted molar refractivity (Wildman–Crippen MR) is 107 cm³/mol. The zero-order valence-corrected chi connectivity index (χ0v) is 16.8. The van der Waals surface area contributed by atoms with E-state index >= 15 is 0 Å². The molecule has 0 bridgehead atoms. The first-order valence-corrected chi connectivity index (χ1v) is 10.3. The number of piperazine rings is 2. The van der Waals surface area contributed by atoms with Gasteiger partial charge in [0.2, 0.25) is 0 Å². The third-order valence-electron chi connectivity index (χ3n) is 6.35. The Hall–Kier alpha value is -1.67. The van der Waals surface area contributed by atoms with Crippen molar-refractivity contribution in [3.63, 3.8) is 0 Å². The van der Waals surface area contributed by atoms with Gasteiger partial charge in [0.1, 0.15) is 0 Å². The van der Waals surface area contributed by atoms with Crippen LogP contribution < -0.4 is 0 Å². The Morgan fingerprint density at radius 3 is 2.57 bits per heavy atom. The fourth-order valence-corrected chi connectivity index (χ4v) is 4.89. The van der Waals surface area contributed by atoms with Crippen LogP contribution in [0.5, 0.6) is 0 Å². The number of aliphatic hydroxyl groups is 1. The predicted octanol–water partition coefficient (Wildman–Crippen LogP) is 0.692. The van der Waals surface area contributed by atoms with Crippen molar-refractivity contribution in [1.82, 2.24) is 19.6 Å². The summed E-state index contributed by atoms with van der Waals surface area (Å²) in [5.74, 6) is 0. The summed E-state index contributed by atoms with van der Waals surface area (Å²) in [4.78, 5) is 21.7. The molecular formula is C21H32N4O3. The van der Waals surface area contributed by atoms with Crippen molar-refractivity contribution in [1.29, 1.82) is 0 Å². The number of nitrogens with zero attached hydrogens (tertiary/aromatic N) is 4. The van der Waals surface area contributed by atoms with E-state index in [2.05, 4.69) is 41.0 Å². The van der Waals surface area contributed by atoms with Crippen molar-refractivity contribution in [3.05, 3.63) is 35.9 Å². The van der Waals surface area contributed by atoms with Crippen molar-refractivity contribution in [3.8, 4) is 0 Å². The van der Waals surface area contributed by atoms with Crippen LogP contribution in [0.4, 0.5) is 4.79 Å². The summed E-state index contributed by atoms with van der Waals surface area (Å²) < 4.78 is 5.38. The lowest BCUT2D eigenvalue weighted by Gasteiger charge is -2.56. The first kappa shape index (κ1) is 19.6. The molecule has 0 saturated carbocycles. The Morgan fingerprint density at radius 1 is 1.11 bits per heavy atom. The molecule has 154 valence electrons. The SMILES string of the molecule is CC1(CO)CN(Cc2ccccc2)CC2CN(C(=O)N3CCOCC3)CCN21. The molecule has 3 heterocycles. The molecule has 2 atom stereocenters. The van der Waals surface area contributed by atoms with Crippen LogP contribution in [0.25, 0.3) is 0 Å². The van der Waals surface area contributed by atoms with E-state index in [0.29, 0.717) is 26.3 Å². The van der Waals surface area contributed by atoms with Crippen LogP contribution in [0.3, 0.4) is 0 Å². The van der Waals surface area contributed by atoms with Crippen molar-refractivity contribution < 1.29 is 14.6 Å². The molecule has 1 aromatic rings. The van der Waals surface area contributed by atoms with Crippen molar-refractivity contribution >= 4 is 6.03 Å². The zero-order chi connectivity index (χ0) is 19.6. The number of benzene rings is 1. The van der Waals surface area contributed by atoms with E-state index in [9.17, 15) is 9.90 Å². The number of rotatable bonds is 3. The van der Waals surface area contributed by atoms with Crippen LogP contribution in [0.15, 0.2) is 30.3 Å². The van der Waals surface area contributed by atoms with Gasteiger partial charge in [-0.25, -0.2) is 4.79 Å². The van der Waals surface area contributed by atoms with Gasteiger partial charge in [0.25, 0.3) is 0 Å². The van der Waals surface area contributed by atoms with Gasteiger partial charge >= 0.3 is 6.03 Å². The molecule has 4 rings (SSSR count). The lowest BCUT2D eigenvalue weighted by atomic mass is 9.91. The van der Waals surface area contributed by atoms with Gasteiger partial charge in [-0.15, -0.1) is 0 Å². The standard InChI is InChI=1S/C21H32N4O3/c1-21(17-26)16-22(13-18-5-3-2-4-6-18)14-19-15-24(7-8-25(19)21)20(27)23-9-11-28-12-10-23/h2-6,19,26H,7-17H2,1H3. The van der Waals surface area contributed by atoms with Gasteiger partial charge in [-0.2, -0.15) is 0 Å². The number of aliphatic hydroxyl groups excluding tert-OH is 1. The quantitative estimate of drug-likeness (QED) is 0.826. The van der Waals surface area contributed by atoms with E-state index in [0.717, 1.165) is 39.3 Å². The molecule has 1 N–H and O–H groups in total. The van der Waals surface area contributed by atoms with E-state index in [1.54, 1.807) is 0 Å². The van der Waals surface area contributed by atoms with Gasteiger partial charge in [0, 0.05) is 58.4 Å². The Labute approximate surface area is 167 Å². The third-order valence-corrected chi connectivity index (χ3v) is 6.35. The maximum atomic E-state index is 12.9. The largest absolute Gasteiger partial charge is 0.394 e. The molecule has 0 radical (unpaired) electrons. The Balaban J connectivity index is 1.45. The highest BCUT2D eigenvalue weighted by Gasteiger charge is 2.45. The molecule has 28 heavy (non-hydrogen) atoms. The monoisotopic (exact) mass is 388 g/mol. The number of hydrogen-bond acceptors (Lipinski definition) is 5. The average molecular weight is 389 g/mol. The number of hydrogen-bond donors (Lipinski definition) is 1. The summed E-state index contributed by atoms with van der Waals surface area (Å²) in [7, 11) is 0. The number of amides is 2. The Kier molecular flexibility index (Phi) is 5.87. The van der Waals surface area contributed by atoms with E-state index < -0.39 is 0 Å². The molecule has 3 aliphatic heterocycles. The molecule has 3 fully saturated rings. The molecule has 3 saturated heterocycles. The summed E-state index contributed by atoms with van der Waals surface area (Å²) in [6.45, 7) is 9.78. The second-order valence-corrected chi connectivity index (χ2v) is 8.49. The lowest BCUT2D eigenvalue weighted by molar-refractivity contribution is -0.0899. The molecule has 7 heteroatoms. The number of carbonyl (C=O) groups is 1. The summed E-state index contributed by atoms with van der Waals surface area (Å²) >= 11 is 0. The van der Waals surface area contributed by atoms with Gasteiger partial charge in [-0.3, -0.25) is 9.80 Å². The summed E-state index contributed by atoms with van der Waals surface area (Å²) in [6.07, 6.45) is 0. The molecule has 0 aromatic heterocycles. The van der Waals surface area contributed by atoms with Crippen LogP contribution >= 0.6 is 0 Å². The Morgan fingerprint density at radius 2 is 1.86 bits per heavy atom. The highest BCUT2D eigenvalue weighted by molar-refractivity contribution is 5.74. The minimum Gasteiger partial charge on any atom is -0.394 e. The Bertz CT molecular complexity index is 667. The third kappa shape index (κ3) is 4.03. The maximum absolute atomic E-state index is 12.9. The van der Waals surface area contributed by atoms with Crippen LogP contribution in [-0.4, -0.2) is 108 Å². The first-order valence-electron chi connectivity index (χ1n) is 10.3. The first-order chi connectivity index (χ1) is 13.6. The highest BCUT2D eigenvalue weighted by Crippen LogP contribution is 2.29. The van der Waals surface area contributed by atoms with Crippen molar-refractivity contribution in [2.75, 3.05) is 65.6 Å². The van der Waals surface area contributed by atoms with E-state index in [-0.39, 0.29) is 24.2 Å². The average Bonchev–Trinajstić information content (AvgIpc) is 2.74. The van der Waals surface area contributed by atoms with Crippen LogP contribution in [0.1, 0.15) is 12.5 Å². The topological polar surface area (TPSA) is 59.5 Å². The van der Waals surface area contributed by atoms with Gasteiger partial charge in [-0.1, -0.05) is 30.3 Å². The van der Waals surface area contributed by atoms with Crippen molar-refractivity contribution in [2.45, 2.75) is 25.0 Å². The second-order valence-electron chi connectivity index (χ2n) is 8.49. The van der Waals surface area contributed by atoms with Crippen LogP contribution in [0.2, 0.25) is 0 Å². The number of morpholine rings is 1. The molecular weight excluding hydrogens is 356 g/mol. The molecule has 2 amide bonds. The fraction of sp³-hybridized carbons (Fsp3) is 0.667. The second kappa shape index (κ2) is 8.37. The summed E-state index contributed by atoms with van der Waals surface area (Å²) in [5.41, 5.74) is 1.01. The van der Waals surface area contributed by atoms with Crippen LogP contribution in [0, 0.1) is 0 Å². The molecule has 1 aromatic carbocycles. The molecule has 0 aliphatic carbocycles. The van der Waals surface area contributed by atoms with E-state index in [1.807, 2.05) is 15.9 Å². The molecule has 0 spiro atoms. The number of fused-ring (bicyclic) bond motifs is 1. The van der Waals surface area contributed by atoms with Gasteiger partial charge in [0.05, 0.1) is 25.4 Å². The van der Waals surface area contributed by atoms with E-state index in [1.165, 1.54) is 5.56 Å². The fourth-order valence-electron chi connectivity index (χ4n) is 4.89. The zero-order valence-electron chi connectivity index (χ0n) is 16.8. The van der Waals surface area contributed by atoms with Crippen LogP contribution in [-0.2, 0) is 11.3 Å². The lowest BCUT2D eigenvalue weighted by Crippen LogP contribution is -2.72. The normalized spacial score (nSPS) is 29.6.